The molecule has 32 heavy (non-hydrogen) atoms. The Balaban J connectivity index is 2.25. The zero-order chi connectivity index (χ0) is 23.1. The minimum Gasteiger partial charge on any atom is -0.356 e. The quantitative estimate of drug-likeness (QED) is 0.415. The predicted molar refractivity (Wildman–Crippen MR) is 137 cm³/mol. The molecule has 1 nitrogen and oxygen atoms in total. The Labute approximate surface area is 192 Å². The number of nitrogens with one attached hydrogen (secondary N) is 1. The van der Waals surface area contributed by atoms with E-state index < -0.39 is 0 Å². The molecule has 1 aliphatic carbocycles. The maximum Gasteiger partial charge on any atom is 0.123 e. The molecule has 0 amide bonds. The minimum absolute atomic E-state index is 0.213. The fraction of sp³-hybridized carbons (Fsp3) is 0.267. The highest BCUT2D eigenvalue weighted by Crippen LogP contribution is 2.40. The highest BCUT2D eigenvalue weighted by molar-refractivity contribution is 5.81. The van der Waals surface area contributed by atoms with Gasteiger partial charge in [-0.05, 0) is 78.7 Å². The van der Waals surface area contributed by atoms with E-state index in [-0.39, 0.29) is 5.82 Å². The second kappa shape index (κ2) is 10.9. The Morgan fingerprint density at radius 3 is 2.31 bits per heavy atom. The van der Waals surface area contributed by atoms with Crippen LogP contribution in [0.4, 0.5) is 10.1 Å². The van der Waals surface area contributed by atoms with Gasteiger partial charge in [-0.1, -0.05) is 81.5 Å². The molecule has 0 fully saturated rings. The lowest BCUT2D eigenvalue weighted by atomic mass is 9.80. The van der Waals surface area contributed by atoms with Gasteiger partial charge in [0, 0.05) is 17.0 Å². The van der Waals surface area contributed by atoms with Gasteiger partial charge in [0.15, 0.2) is 0 Å². The predicted octanol–water partition coefficient (Wildman–Crippen LogP) is 8.86. The molecule has 2 heteroatoms. The molecule has 0 atom stereocenters. The van der Waals surface area contributed by atoms with Crippen molar-refractivity contribution in [2.75, 3.05) is 5.32 Å². The fourth-order valence-electron chi connectivity index (χ4n) is 4.13. The van der Waals surface area contributed by atoms with Gasteiger partial charge in [-0.3, -0.25) is 0 Å². The highest BCUT2D eigenvalue weighted by Gasteiger charge is 2.22. The molecule has 0 saturated carbocycles. The molecule has 0 aliphatic heterocycles. The second-order valence-electron chi connectivity index (χ2n) is 8.56. The van der Waals surface area contributed by atoms with Crippen LogP contribution >= 0.6 is 0 Å². The normalized spacial score (nSPS) is 15.1. The second-order valence-corrected chi connectivity index (χ2v) is 8.56. The largest absolute Gasteiger partial charge is 0.356 e. The molecule has 0 unspecified atom stereocenters. The molecule has 0 radical (unpaired) electrons. The molecule has 1 aliphatic rings. The molecule has 0 saturated heterocycles. The van der Waals surface area contributed by atoms with Gasteiger partial charge in [-0.15, -0.1) is 0 Å². The van der Waals surface area contributed by atoms with Crippen LogP contribution in [0.5, 0.6) is 0 Å². The molecular formula is C30H34FN. The Hall–Kier alpha value is -3.13. The summed E-state index contributed by atoms with van der Waals surface area (Å²) in [5.41, 5.74) is 9.16. The maximum atomic E-state index is 13.7. The number of anilines is 1. The molecule has 1 N–H and O–H groups in total. The smallest absolute Gasteiger partial charge is 0.123 e. The Bertz CT molecular complexity index is 1060. The summed E-state index contributed by atoms with van der Waals surface area (Å²) in [7, 11) is 0. The van der Waals surface area contributed by atoms with Crippen LogP contribution in [0.2, 0.25) is 0 Å². The third kappa shape index (κ3) is 5.56. The monoisotopic (exact) mass is 427 g/mol. The van der Waals surface area contributed by atoms with Gasteiger partial charge in [0.1, 0.15) is 5.82 Å². The summed E-state index contributed by atoms with van der Waals surface area (Å²) in [5.74, 6) is 0.148. The lowest BCUT2D eigenvalue weighted by molar-refractivity contribution is 0.627. The standard InChI is InChI=1S/C30H34FN/c1-6-28(24-17-19-26(31)20-18-24)30(25-13-9-7-10-14-25)29(22(4)21(2)3)23(5)32-27-15-11-8-12-16-27/h7-9,11-13,15-21,32H,5-6,10,14H2,1-4H3/b29-22+,30-28+. The summed E-state index contributed by atoms with van der Waals surface area (Å²) in [6, 6.07) is 17.1. The maximum absolute atomic E-state index is 13.7. The van der Waals surface area contributed by atoms with Crippen molar-refractivity contribution in [3.05, 3.63) is 119 Å². The number of benzene rings is 2. The zero-order valence-corrected chi connectivity index (χ0v) is 19.7. The molecule has 0 aromatic heterocycles. The van der Waals surface area contributed by atoms with Crippen LogP contribution in [-0.2, 0) is 0 Å². The first-order valence-corrected chi connectivity index (χ1v) is 11.5. The summed E-state index contributed by atoms with van der Waals surface area (Å²) in [6.07, 6.45) is 9.41. The molecule has 2 aromatic rings. The van der Waals surface area contributed by atoms with E-state index in [1.165, 1.54) is 22.3 Å². The first kappa shape index (κ1) is 23.5. The summed E-state index contributed by atoms with van der Waals surface area (Å²) in [4.78, 5) is 0. The zero-order valence-electron chi connectivity index (χ0n) is 19.7. The molecule has 166 valence electrons. The van der Waals surface area contributed by atoms with E-state index in [4.69, 9.17) is 0 Å². The summed E-state index contributed by atoms with van der Waals surface area (Å²) in [5, 5.41) is 3.55. The van der Waals surface area contributed by atoms with E-state index in [1.54, 1.807) is 12.1 Å². The fourth-order valence-corrected chi connectivity index (χ4v) is 4.13. The number of hydrogen-bond donors (Lipinski definition) is 1. The van der Waals surface area contributed by atoms with E-state index >= 15 is 0 Å². The van der Waals surface area contributed by atoms with Crippen molar-refractivity contribution in [2.24, 2.45) is 5.92 Å². The molecule has 0 heterocycles. The van der Waals surface area contributed by atoms with Crippen molar-refractivity contribution in [1.82, 2.24) is 0 Å². The Kier molecular flexibility index (Phi) is 8.05. The van der Waals surface area contributed by atoms with Gasteiger partial charge in [0.2, 0.25) is 0 Å². The van der Waals surface area contributed by atoms with E-state index in [0.29, 0.717) is 5.92 Å². The topological polar surface area (TPSA) is 12.0 Å². The van der Waals surface area contributed by atoms with Crippen LogP contribution in [0.25, 0.3) is 5.57 Å². The van der Waals surface area contributed by atoms with Gasteiger partial charge in [-0.2, -0.15) is 0 Å². The molecule has 0 bridgehead atoms. The first-order chi connectivity index (χ1) is 15.4. The van der Waals surface area contributed by atoms with Crippen molar-refractivity contribution < 1.29 is 4.39 Å². The average Bonchev–Trinajstić information content (AvgIpc) is 2.81. The number of hydrogen-bond acceptors (Lipinski definition) is 1. The van der Waals surface area contributed by atoms with Crippen molar-refractivity contribution in [2.45, 2.75) is 47.0 Å². The molecule has 2 aromatic carbocycles. The van der Waals surface area contributed by atoms with E-state index in [2.05, 4.69) is 70.0 Å². The van der Waals surface area contributed by atoms with Gasteiger partial charge in [-0.25, -0.2) is 4.39 Å². The molecular weight excluding hydrogens is 393 g/mol. The third-order valence-electron chi connectivity index (χ3n) is 6.06. The summed E-state index contributed by atoms with van der Waals surface area (Å²) in [6.45, 7) is 13.3. The summed E-state index contributed by atoms with van der Waals surface area (Å²) >= 11 is 0. The van der Waals surface area contributed by atoms with Gasteiger partial charge < -0.3 is 5.32 Å². The lowest BCUT2D eigenvalue weighted by Gasteiger charge is -2.27. The summed E-state index contributed by atoms with van der Waals surface area (Å²) < 4.78 is 13.7. The Morgan fingerprint density at radius 2 is 1.75 bits per heavy atom. The van der Waals surface area contributed by atoms with Crippen LogP contribution in [0.3, 0.4) is 0 Å². The average molecular weight is 428 g/mol. The van der Waals surface area contributed by atoms with E-state index in [9.17, 15) is 4.39 Å². The number of rotatable bonds is 8. The van der Waals surface area contributed by atoms with Crippen molar-refractivity contribution >= 4 is 11.3 Å². The van der Waals surface area contributed by atoms with Gasteiger partial charge in [0.25, 0.3) is 0 Å². The highest BCUT2D eigenvalue weighted by atomic mass is 19.1. The first-order valence-electron chi connectivity index (χ1n) is 11.5. The van der Waals surface area contributed by atoms with Crippen molar-refractivity contribution in [3.63, 3.8) is 0 Å². The number of halogens is 1. The van der Waals surface area contributed by atoms with E-state index in [0.717, 1.165) is 41.8 Å². The van der Waals surface area contributed by atoms with Crippen LogP contribution in [-0.4, -0.2) is 0 Å². The minimum atomic E-state index is -0.213. The van der Waals surface area contributed by atoms with Gasteiger partial charge in [0.05, 0.1) is 0 Å². The number of para-hydroxylation sites is 1. The van der Waals surface area contributed by atoms with Crippen LogP contribution in [0.1, 0.15) is 52.5 Å². The molecule has 3 rings (SSSR count). The molecule has 0 spiro atoms. The Morgan fingerprint density at radius 1 is 1.06 bits per heavy atom. The van der Waals surface area contributed by atoms with Crippen LogP contribution in [0, 0.1) is 11.7 Å². The van der Waals surface area contributed by atoms with E-state index in [1.807, 2.05) is 30.3 Å². The van der Waals surface area contributed by atoms with Crippen LogP contribution < -0.4 is 5.32 Å². The van der Waals surface area contributed by atoms with Crippen molar-refractivity contribution in [1.29, 1.82) is 0 Å². The SMILES string of the molecule is C=C(Nc1ccccc1)C(=C(/C)C(C)C)/C(C1=CC=CCC1)=C(\CC)c1ccc(F)cc1. The van der Waals surface area contributed by atoms with Crippen LogP contribution in [0.15, 0.2) is 107 Å². The van der Waals surface area contributed by atoms with Gasteiger partial charge >= 0.3 is 0 Å². The number of allylic oxidation sites excluding steroid dienone is 7. The third-order valence-corrected chi connectivity index (χ3v) is 6.06. The lowest BCUT2D eigenvalue weighted by Crippen LogP contribution is -2.12. The van der Waals surface area contributed by atoms with Crippen molar-refractivity contribution in [3.8, 4) is 0 Å².